The van der Waals surface area contributed by atoms with E-state index in [1.54, 1.807) is 0 Å². The summed E-state index contributed by atoms with van der Waals surface area (Å²) in [5.74, 6) is 0.336. The monoisotopic (exact) mass is 286 g/mol. The number of hydrogen-bond donors (Lipinski definition) is 0. The summed E-state index contributed by atoms with van der Waals surface area (Å²) in [5.41, 5.74) is 1.63. The second kappa shape index (κ2) is 6.18. The summed E-state index contributed by atoms with van der Waals surface area (Å²) in [6, 6.07) is 10.4. The maximum Gasteiger partial charge on any atom is 0.222 e. The number of nitrogens with zero attached hydrogens (tertiary/aromatic N) is 2. The normalized spacial score (nSPS) is 22.7. The van der Waals surface area contributed by atoms with Crippen LogP contribution in [0.25, 0.3) is 0 Å². The molecule has 0 unspecified atom stereocenters. The molecular formula is C18H26N2O. The van der Waals surface area contributed by atoms with Gasteiger partial charge in [0, 0.05) is 19.5 Å². The maximum absolute atomic E-state index is 12.3. The predicted molar refractivity (Wildman–Crippen MR) is 84.9 cm³/mol. The van der Waals surface area contributed by atoms with Crippen molar-refractivity contribution in [2.75, 3.05) is 26.2 Å². The Balaban J connectivity index is 1.66. The quantitative estimate of drug-likeness (QED) is 0.853. The minimum absolute atomic E-state index is 0.336. The third kappa shape index (κ3) is 3.29. The first kappa shape index (κ1) is 14.6. The van der Waals surface area contributed by atoms with Gasteiger partial charge < -0.3 is 9.80 Å². The highest BCUT2D eigenvalue weighted by Crippen LogP contribution is 2.40. The van der Waals surface area contributed by atoms with E-state index < -0.39 is 0 Å². The predicted octanol–water partition coefficient (Wildman–Crippen LogP) is 2.91. The van der Waals surface area contributed by atoms with Crippen LogP contribution in [0.2, 0.25) is 0 Å². The molecule has 0 bridgehead atoms. The summed E-state index contributed by atoms with van der Waals surface area (Å²) in [7, 11) is 0. The molecule has 2 aliphatic heterocycles. The zero-order valence-corrected chi connectivity index (χ0v) is 13.1. The average molecular weight is 286 g/mol. The van der Waals surface area contributed by atoms with Crippen molar-refractivity contribution in [3.05, 3.63) is 35.9 Å². The van der Waals surface area contributed by atoms with Gasteiger partial charge in [-0.1, -0.05) is 37.3 Å². The van der Waals surface area contributed by atoms with Gasteiger partial charge in [-0.2, -0.15) is 0 Å². The molecule has 0 aliphatic carbocycles. The summed E-state index contributed by atoms with van der Waals surface area (Å²) in [6.45, 7) is 7.53. The van der Waals surface area contributed by atoms with Crippen LogP contribution in [-0.2, 0) is 11.3 Å². The molecule has 1 amide bonds. The number of likely N-dealkylation sites (tertiary alicyclic amines) is 2. The minimum atomic E-state index is 0.336. The van der Waals surface area contributed by atoms with E-state index in [-0.39, 0.29) is 0 Å². The molecule has 1 aromatic rings. The molecule has 0 N–H and O–H groups in total. The zero-order valence-electron chi connectivity index (χ0n) is 13.1. The van der Waals surface area contributed by atoms with E-state index in [4.69, 9.17) is 0 Å². The van der Waals surface area contributed by atoms with E-state index in [9.17, 15) is 4.79 Å². The van der Waals surface area contributed by atoms with Crippen molar-refractivity contribution < 1.29 is 4.79 Å². The molecule has 3 nitrogen and oxygen atoms in total. The molecule has 1 aromatic carbocycles. The second-order valence-electron chi connectivity index (χ2n) is 6.67. The van der Waals surface area contributed by atoms with Crippen molar-refractivity contribution >= 4 is 5.91 Å². The van der Waals surface area contributed by atoms with Crippen molar-refractivity contribution in [2.45, 2.75) is 39.2 Å². The van der Waals surface area contributed by atoms with Crippen LogP contribution in [0.4, 0.5) is 0 Å². The molecule has 3 heteroatoms. The third-order valence-corrected chi connectivity index (χ3v) is 5.33. The highest BCUT2D eigenvalue weighted by Gasteiger charge is 2.40. The van der Waals surface area contributed by atoms with Crippen LogP contribution in [0.1, 0.15) is 38.2 Å². The van der Waals surface area contributed by atoms with Gasteiger partial charge in [-0.3, -0.25) is 4.79 Å². The Labute approximate surface area is 127 Å². The van der Waals surface area contributed by atoms with Gasteiger partial charge in [0.25, 0.3) is 0 Å². The van der Waals surface area contributed by atoms with Gasteiger partial charge in [0.15, 0.2) is 0 Å². The summed E-state index contributed by atoms with van der Waals surface area (Å²) < 4.78 is 0. The number of amides is 1. The summed E-state index contributed by atoms with van der Waals surface area (Å²) in [6.07, 6.45) is 4.33. The average Bonchev–Trinajstić information content (AvgIpc) is 2.53. The van der Waals surface area contributed by atoms with E-state index in [0.717, 1.165) is 32.5 Å². The van der Waals surface area contributed by atoms with Crippen molar-refractivity contribution in [3.8, 4) is 0 Å². The van der Waals surface area contributed by atoms with Crippen molar-refractivity contribution in [1.82, 2.24) is 9.80 Å². The fourth-order valence-electron chi connectivity index (χ4n) is 3.80. The lowest BCUT2D eigenvalue weighted by atomic mass is 9.72. The molecule has 0 aromatic heterocycles. The van der Waals surface area contributed by atoms with Crippen molar-refractivity contribution in [2.24, 2.45) is 5.41 Å². The smallest absolute Gasteiger partial charge is 0.222 e. The number of piperidine rings is 2. The van der Waals surface area contributed by atoms with Crippen LogP contribution in [-0.4, -0.2) is 41.9 Å². The lowest BCUT2D eigenvalue weighted by molar-refractivity contribution is -0.139. The highest BCUT2D eigenvalue weighted by molar-refractivity contribution is 5.77. The minimum Gasteiger partial charge on any atom is -0.338 e. The van der Waals surface area contributed by atoms with Gasteiger partial charge >= 0.3 is 0 Å². The molecule has 0 radical (unpaired) electrons. The largest absolute Gasteiger partial charge is 0.338 e. The number of carbonyl (C=O) groups excluding carboxylic acids is 1. The molecule has 1 spiro atoms. The molecule has 21 heavy (non-hydrogen) atoms. The Hall–Kier alpha value is -1.35. The second-order valence-corrected chi connectivity index (χ2v) is 6.67. The molecule has 2 fully saturated rings. The molecule has 114 valence electrons. The fourth-order valence-corrected chi connectivity index (χ4v) is 3.80. The van der Waals surface area contributed by atoms with E-state index in [2.05, 4.69) is 41.0 Å². The van der Waals surface area contributed by atoms with Crippen LogP contribution >= 0.6 is 0 Å². The van der Waals surface area contributed by atoms with Gasteiger partial charge in [-0.15, -0.1) is 0 Å². The zero-order chi connectivity index (χ0) is 14.7. The molecule has 2 heterocycles. The van der Waals surface area contributed by atoms with Gasteiger partial charge in [-0.05, 0) is 49.9 Å². The summed E-state index contributed by atoms with van der Waals surface area (Å²) >= 11 is 0. The maximum atomic E-state index is 12.3. The number of rotatable bonds is 3. The lowest BCUT2D eigenvalue weighted by Crippen LogP contribution is -2.51. The summed E-state index contributed by atoms with van der Waals surface area (Å²) in [5, 5.41) is 0. The Kier molecular flexibility index (Phi) is 4.29. The van der Waals surface area contributed by atoms with Crippen LogP contribution in [0, 0.1) is 5.41 Å². The third-order valence-electron chi connectivity index (χ3n) is 5.33. The van der Waals surface area contributed by atoms with Crippen molar-refractivity contribution in [3.63, 3.8) is 0 Å². The van der Waals surface area contributed by atoms with E-state index in [1.807, 2.05) is 6.07 Å². The van der Waals surface area contributed by atoms with Crippen LogP contribution in [0.15, 0.2) is 30.3 Å². The van der Waals surface area contributed by atoms with Crippen molar-refractivity contribution in [1.29, 1.82) is 0 Å². The Morgan fingerprint density at radius 3 is 2.48 bits per heavy atom. The first-order valence-corrected chi connectivity index (χ1v) is 8.25. The molecule has 0 saturated carbocycles. The Morgan fingerprint density at radius 2 is 1.81 bits per heavy atom. The molecule has 2 aliphatic rings. The highest BCUT2D eigenvalue weighted by atomic mass is 16.2. The van der Waals surface area contributed by atoms with Gasteiger partial charge in [0.2, 0.25) is 5.91 Å². The molecule has 0 atom stereocenters. The first-order chi connectivity index (χ1) is 10.2. The fraction of sp³-hybridized carbons (Fsp3) is 0.611. The lowest BCUT2D eigenvalue weighted by Gasteiger charge is -2.47. The standard InChI is InChI=1S/C18H26N2O/c1-2-19-12-10-18(11-13-19)9-8-17(21)20(15-18)14-16-6-4-3-5-7-16/h3-7H,2,8-15H2,1H3. The Morgan fingerprint density at radius 1 is 1.10 bits per heavy atom. The van der Waals surface area contributed by atoms with Gasteiger partial charge in [0.1, 0.15) is 0 Å². The number of hydrogen-bond acceptors (Lipinski definition) is 2. The number of benzene rings is 1. The molecular weight excluding hydrogens is 260 g/mol. The van der Waals surface area contributed by atoms with Crippen LogP contribution in [0.5, 0.6) is 0 Å². The van der Waals surface area contributed by atoms with E-state index in [0.29, 0.717) is 11.3 Å². The van der Waals surface area contributed by atoms with Crippen LogP contribution < -0.4 is 0 Å². The summed E-state index contributed by atoms with van der Waals surface area (Å²) in [4.78, 5) is 16.9. The molecule has 2 saturated heterocycles. The Bertz CT molecular complexity index is 477. The van der Waals surface area contributed by atoms with Gasteiger partial charge in [0.05, 0.1) is 0 Å². The van der Waals surface area contributed by atoms with E-state index >= 15 is 0 Å². The first-order valence-electron chi connectivity index (χ1n) is 8.25. The molecule has 3 rings (SSSR count). The van der Waals surface area contributed by atoms with Crippen LogP contribution in [0.3, 0.4) is 0 Å². The number of carbonyl (C=O) groups is 1. The van der Waals surface area contributed by atoms with Gasteiger partial charge in [-0.25, -0.2) is 0 Å². The topological polar surface area (TPSA) is 23.6 Å². The van der Waals surface area contributed by atoms with E-state index in [1.165, 1.54) is 31.5 Å². The SMILES string of the molecule is CCN1CCC2(CCC(=O)N(Cc3ccccc3)C2)CC1.